The number of rotatable bonds is 3. The van der Waals surface area contributed by atoms with Crippen LogP contribution >= 0.6 is 0 Å². The average Bonchev–Trinajstić information content (AvgIpc) is 2.40. The van der Waals surface area contributed by atoms with Crippen molar-refractivity contribution in [1.29, 1.82) is 0 Å². The first-order valence-electron chi connectivity index (χ1n) is 7.27. The van der Waals surface area contributed by atoms with Crippen molar-refractivity contribution in [2.24, 2.45) is 0 Å². The minimum Gasteiger partial charge on any atom is -0.354 e. The molecule has 6 heteroatoms. The fraction of sp³-hybridized carbons (Fsp3) is 0.667. The van der Waals surface area contributed by atoms with Crippen molar-refractivity contribution in [3.05, 3.63) is 23.9 Å². The first kappa shape index (κ1) is 16.1. The normalized spacial score (nSPS) is 19.8. The summed E-state index contributed by atoms with van der Waals surface area (Å²) in [5, 5.41) is 0. The molecule has 3 nitrogen and oxygen atoms in total. The monoisotopic (exact) mass is 301 g/mol. The van der Waals surface area contributed by atoms with E-state index in [4.69, 9.17) is 0 Å². The van der Waals surface area contributed by atoms with Gasteiger partial charge in [0.15, 0.2) is 0 Å². The third-order valence-corrected chi connectivity index (χ3v) is 3.97. The number of alkyl halides is 3. The summed E-state index contributed by atoms with van der Waals surface area (Å²) in [6, 6.07) is 2.57. The molecule has 21 heavy (non-hydrogen) atoms. The van der Waals surface area contributed by atoms with Gasteiger partial charge in [-0.3, -0.25) is 4.90 Å². The quantitative estimate of drug-likeness (QED) is 0.853. The summed E-state index contributed by atoms with van der Waals surface area (Å²) in [6.07, 6.45) is -2.31. The second kappa shape index (κ2) is 5.83. The summed E-state index contributed by atoms with van der Waals surface area (Å²) < 4.78 is 37.7. The molecule has 1 aliphatic heterocycles. The highest BCUT2D eigenvalue weighted by Crippen LogP contribution is 2.30. The molecule has 0 atom stereocenters. The van der Waals surface area contributed by atoms with E-state index in [1.54, 1.807) is 0 Å². The van der Waals surface area contributed by atoms with Gasteiger partial charge in [-0.1, -0.05) is 6.92 Å². The lowest BCUT2D eigenvalue weighted by Gasteiger charge is -2.47. The highest BCUT2D eigenvalue weighted by Gasteiger charge is 2.34. The van der Waals surface area contributed by atoms with E-state index in [0.29, 0.717) is 5.82 Å². The summed E-state index contributed by atoms with van der Waals surface area (Å²) in [7, 11) is 0. The van der Waals surface area contributed by atoms with Crippen LogP contribution in [0.4, 0.5) is 19.0 Å². The van der Waals surface area contributed by atoms with Crippen molar-refractivity contribution in [3.8, 4) is 0 Å². The van der Waals surface area contributed by atoms with E-state index in [0.717, 1.165) is 44.9 Å². The van der Waals surface area contributed by atoms with Crippen LogP contribution < -0.4 is 4.90 Å². The molecule has 0 N–H and O–H groups in total. The van der Waals surface area contributed by atoms with E-state index in [1.807, 2.05) is 0 Å². The molecule has 1 aromatic rings. The molecule has 0 radical (unpaired) electrons. The average molecular weight is 301 g/mol. The second-order valence-electron chi connectivity index (χ2n) is 6.12. The number of anilines is 1. The first-order valence-corrected chi connectivity index (χ1v) is 7.27. The van der Waals surface area contributed by atoms with Crippen LogP contribution in [0.15, 0.2) is 18.3 Å². The van der Waals surface area contributed by atoms with E-state index in [2.05, 4.69) is 35.6 Å². The van der Waals surface area contributed by atoms with Gasteiger partial charge in [-0.25, -0.2) is 4.98 Å². The number of piperazine rings is 1. The van der Waals surface area contributed by atoms with Crippen molar-refractivity contribution in [3.63, 3.8) is 0 Å². The van der Waals surface area contributed by atoms with Gasteiger partial charge < -0.3 is 4.90 Å². The zero-order valence-electron chi connectivity index (χ0n) is 12.7. The third kappa shape index (κ3) is 3.67. The van der Waals surface area contributed by atoms with Crippen molar-refractivity contribution in [2.75, 3.05) is 31.1 Å². The van der Waals surface area contributed by atoms with Gasteiger partial charge in [-0.05, 0) is 38.9 Å². The molecule has 0 amide bonds. The van der Waals surface area contributed by atoms with Gasteiger partial charge in [0.2, 0.25) is 0 Å². The zero-order chi connectivity index (χ0) is 15.7. The number of hydrogen-bond acceptors (Lipinski definition) is 3. The van der Waals surface area contributed by atoms with E-state index in [1.165, 1.54) is 6.07 Å². The van der Waals surface area contributed by atoms with Crippen LogP contribution in [-0.2, 0) is 6.18 Å². The van der Waals surface area contributed by atoms with Gasteiger partial charge in [-0.2, -0.15) is 13.2 Å². The molecule has 2 heterocycles. The van der Waals surface area contributed by atoms with E-state index < -0.39 is 11.7 Å². The number of halogens is 3. The maximum Gasteiger partial charge on any atom is 0.417 e. The zero-order valence-corrected chi connectivity index (χ0v) is 12.7. The molecule has 0 aliphatic carbocycles. The minimum absolute atomic E-state index is 0.00135. The molecule has 0 bridgehead atoms. The molecule has 118 valence electrons. The lowest BCUT2D eigenvalue weighted by atomic mass is 9.98. The molecular formula is C15H22F3N3. The van der Waals surface area contributed by atoms with Crippen molar-refractivity contribution < 1.29 is 13.2 Å². The van der Waals surface area contributed by atoms with Gasteiger partial charge in [0.25, 0.3) is 0 Å². The Bertz CT molecular complexity index is 468. The van der Waals surface area contributed by atoms with Gasteiger partial charge >= 0.3 is 6.18 Å². The Hall–Kier alpha value is -1.30. The van der Waals surface area contributed by atoms with E-state index in [9.17, 15) is 13.2 Å². The van der Waals surface area contributed by atoms with Crippen LogP contribution in [0.3, 0.4) is 0 Å². The third-order valence-electron chi connectivity index (χ3n) is 3.97. The molecule has 2 rings (SSSR count). The number of pyridine rings is 1. The van der Waals surface area contributed by atoms with Gasteiger partial charge in [0.1, 0.15) is 5.82 Å². The van der Waals surface area contributed by atoms with Crippen LogP contribution in [0.1, 0.15) is 32.8 Å². The maximum absolute atomic E-state index is 12.6. The molecule has 0 aromatic carbocycles. The topological polar surface area (TPSA) is 19.4 Å². The Labute approximate surface area is 123 Å². The van der Waals surface area contributed by atoms with Crippen LogP contribution in [0.2, 0.25) is 0 Å². The fourth-order valence-corrected chi connectivity index (χ4v) is 2.81. The largest absolute Gasteiger partial charge is 0.417 e. The lowest BCUT2D eigenvalue weighted by Crippen LogP contribution is -2.59. The summed E-state index contributed by atoms with van der Waals surface area (Å²) >= 11 is 0. The van der Waals surface area contributed by atoms with E-state index in [-0.39, 0.29) is 5.54 Å². The number of aromatic nitrogens is 1. The Balaban J connectivity index is 2.10. The summed E-state index contributed by atoms with van der Waals surface area (Å²) in [5.74, 6) is 0.618. The molecule has 1 aliphatic rings. The van der Waals surface area contributed by atoms with Gasteiger partial charge in [0, 0.05) is 31.4 Å². The Morgan fingerprint density at radius 2 is 1.95 bits per heavy atom. The lowest BCUT2D eigenvalue weighted by molar-refractivity contribution is -0.137. The smallest absolute Gasteiger partial charge is 0.354 e. The second-order valence-corrected chi connectivity index (χ2v) is 6.12. The van der Waals surface area contributed by atoms with Crippen molar-refractivity contribution >= 4 is 5.82 Å². The van der Waals surface area contributed by atoms with Crippen molar-refractivity contribution in [2.45, 2.75) is 38.9 Å². The highest BCUT2D eigenvalue weighted by atomic mass is 19.4. The molecule has 0 spiro atoms. The number of nitrogens with zero attached hydrogens (tertiary/aromatic N) is 3. The predicted octanol–water partition coefficient (Wildman–Crippen LogP) is 3.41. The standard InChI is InChI=1S/C15H22F3N3/c1-4-7-21-9-8-20(11-14(21,2)3)13-6-5-12(10-19-13)15(16,17)18/h5-6,10H,4,7-9,11H2,1-3H3. The molecule has 1 fully saturated rings. The minimum atomic E-state index is -4.33. The van der Waals surface area contributed by atoms with Crippen LogP contribution in [0.5, 0.6) is 0 Å². The summed E-state index contributed by atoms with van der Waals surface area (Å²) in [6.45, 7) is 10.00. The molecule has 0 saturated carbocycles. The van der Waals surface area contributed by atoms with Crippen LogP contribution in [0.25, 0.3) is 0 Å². The Kier molecular flexibility index (Phi) is 4.46. The Morgan fingerprint density at radius 1 is 1.24 bits per heavy atom. The summed E-state index contributed by atoms with van der Waals surface area (Å²) in [4.78, 5) is 8.48. The molecule has 1 saturated heterocycles. The predicted molar refractivity (Wildman–Crippen MR) is 77.4 cm³/mol. The molecule has 0 unspecified atom stereocenters. The molecule has 1 aromatic heterocycles. The fourth-order valence-electron chi connectivity index (χ4n) is 2.81. The van der Waals surface area contributed by atoms with Crippen molar-refractivity contribution in [1.82, 2.24) is 9.88 Å². The van der Waals surface area contributed by atoms with Gasteiger partial charge in [-0.15, -0.1) is 0 Å². The SMILES string of the molecule is CCCN1CCN(c2ccc(C(F)(F)F)cn2)CC1(C)C. The summed E-state index contributed by atoms with van der Waals surface area (Å²) in [5.41, 5.74) is -0.700. The van der Waals surface area contributed by atoms with Gasteiger partial charge in [0.05, 0.1) is 5.56 Å². The van der Waals surface area contributed by atoms with Crippen LogP contribution in [0, 0.1) is 0 Å². The first-order chi connectivity index (χ1) is 9.74. The number of hydrogen-bond donors (Lipinski definition) is 0. The van der Waals surface area contributed by atoms with E-state index >= 15 is 0 Å². The molecular weight excluding hydrogens is 279 g/mol. The maximum atomic E-state index is 12.6. The highest BCUT2D eigenvalue weighted by molar-refractivity contribution is 5.41. The Morgan fingerprint density at radius 3 is 2.43 bits per heavy atom. The van der Waals surface area contributed by atoms with Crippen LogP contribution in [-0.4, -0.2) is 41.6 Å².